The molecular weight excluding hydrogens is 240 g/mol. The topological polar surface area (TPSA) is 41.6 Å². The van der Waals surface area contributed by atoms with Crippen molar-refractivity contribution in [2.75, 3.05) is 25.1 Å². The number of ether oxygens (including phenoxy) is 1. The Hall–Kier alpha value is -1.55. The van der Waals surface area contributed by atoms with Crippen molar-refractivity contribution >= 4 is 11.6 Å². The molecule has 0 bridgehead atoms. The number of fused-ring (bicyclic) bond motifs is 1. The number of nitrogens with zero attached hydrogens (tertiary/aromatic N) is 1. The smallest absolute Gasteiger partial charge is 0.265 e. The second-order valence-corrected chi connectivity index (χ2v) is 5.04. The summed E-state index contributed by atoms with van der Waals surface area (Å²) < 4.78 is 5.46. The molecule has 4 nitrogen and oxygen atoms in total. The third kappa shape index (κ3) is 2.89. The highest BCUT2D eigenvalue weighted by Crippen LogP contribution is 2.31. The molecule has 1 heterocycles. The molecule has 0 fully saturated rings. The van der Waals surface area contributed by atoms with Gasteiger partial charge in [-0.25, -0.2) is 0 Å². The van der Waals surface area contributed by atoms with E-state index in [0.29, 0.717) is 18.5 Å². The molecular formula is C15H22N2O2. The van der Waals surface area contributed by atoms with E-state index in [1.807, 2.05) is 36.2 Å². The van der Waals surface area contributed by atoms with Crippen LogP contribution in [-0.4, -0.2) is 32.1 Å². The summed E-state index contributed by atoms with van der Waals surface area (Å²) >= 11 is 0. The number of amides is 1. The van der Waals surface area contributed by atoms with Crippen LogP contribution in [0.5, 0.6) is 5.75 Å². The predicted octanol–water partition coefficient (Wildman–Crippen LogP) is 2.05. The number of carbonyl (C=O) groups excluding carboxylic acids is 1. The zero-order valence-corrected chi connectivity index (χ0v) is 11.8. The maximum Gasteiger partial charge on any atom is 0.265 e. The highest BCUT2D eigenvalue weighted by molar-refractivity contribution is 5.97. The number of hydrogen-bond acceptors (Lipinski definition) is 3. The second-order valence-electron chi connectivity index (χ2n) is 5.04. The molecule has 1 aromatic carbocycles. The number of hydrogen-bond donors (Lipinski definition) is 1. The van der Waals surface area contributed by atoms with Gasteiger partial charge in [0.05, 0.1) is 5.69 Å². The largest absolute Gasteiger partial charge is 0.482 e. The van der Waals surface area contributed by atoms with Crippen molar-refractivity contribution < 1.29 is 9.53 Å². The molecule has 1 aliphatic rings. The maximum atomic E-state index is 12.1. The molecule has 2 unspecified atom stereocenters. The summed E-state index contributed by atoms with van der Waals surface area (Å²) in [5.74, 6) is 1.34. The molecule has 2 rings (SSSR count). The van der Waals surface area contributed by atoms with Gasteiger partial charge in [0, 0.05) is 12.6 Å². The Morgan fingerprint density at radius 3 is 2.84 bits per heavy atom. The summed E-state index contributed by atoms with van der Waals surface area (Å²) in [5, 5.41) is 3.32. The molecule has 0 spiro atoms. The van der Waals surface area contributed by atoms with Crippen LogP contribution in [0.2, 0.25) is 0 Å². The Morgan fingerprint density at radius 2 is 2.16 bits per heavy atom. The summed E-state index contributed by atoms with van der Waals surface area (Å²) in [6.07, 6.45) is 1.09. The van der Waals surface area contributed by atoms with Crippen LogP contribution in [0.1, 0.15) is 20.3 Å². The SMILES string of the molecule is CCC(C)C(CN1C(=O)COc2ccccc21)NC. The molecule has 4 heteroatoms. The fraction of sp³-hybridized carbons (Fsp3) is 0.533. The van der Waals surface area contributed by atoms with E-state index in [1.165, 1.54) is 0 Å². The van der Waals surface area contributed by atoms with Crippen molar-refractivity contribution in [2.45, 2.75) is 26.3 Å². The van der Waals surface area contributed by atoms with Gasteiger partial charge in [0.1, 0.15) is 5.75 Å². The van der Waals surface area contributed by atoms with Crippen LogP contribution in [0.25, 0.3) is 0 Å². The van der Waals surface area contributed by atoms with E-state index in [0.717, 1.165) is 17.9 Å². The molecule has 0 aromatic heterocycles. The molecule has 1 N–H and O–H groups in total. The first-order valence-corrected chi connectivity index (χ1v) is 6.86. The van der Waals surface area contributed by atoms with Crippen molar-refractivity contribution in [3.05, 3.63) is 24.3 Å². The lowest BCUT2D eigenvalue weighted by molar-refractivity contribution is -0.121. The number of anilines is 1. The number of rotatable bonds is 5. The standard InChI is InChI=1S/C15H22N2O2/c1-4-11(2)12(16-3)9-17-13-7-5-6-8-14(13)19-10-15(17)18/h5-8,11-12,16H,4,9-10H2,1-3H3. The van der Waals surface area contributed by atoms with Crippen molar-refractivity contribution in [1.82, 2.24) is 5.32 Å². The van der Waals surface area contributed by atoms with Gasteiger partial charge >= 0.3 is 0 Å². The minimum atomic E-state index is 0.0299. The van der Waals surface area contributed by atoms with Crippen molar-refractivity contribution in [2.24, 2.45) is 5.92 Å². The average Bonchev–Trinajstić information content (AvgIpc) is 2.45. The van der Waals surface area contributed by atoms with Crippen LogP contribution < -0.4 is 15.0 Å². The van der Waals surface area contributed by atoms with Crippen LogP contribution in [0.4, 0.5) is 5.69 Å². The second kappa shape index (κ2) is 6.06. The van der Waals surface area contributed by atoms with Gasteiger partial charge in [-0.2, -0.15) is 0 Å². The van der Waals surface area contributed by atoms with Crippen molar-refractivity contribution in [3.8, 4) is 5.75 Å². The Balaban J connectivity index is 2.21. The van der Waals surface area contributed by atoms with Gasteiger partial charge in [-0.1, -0.05) is 32.4 Å². The minimum absolute atomic E-state index is 0.0299. The van der Waals surface area contributed by atoms with E-state index >= 15 is 0 Å². The summed E-state index contributed by atoms with van der Waals surface area (Å²) in [4.78, 5) is 13.9. The van der Waals surface area contributed by atoms with E-state index in [2.05, 4.69) is 19.2 Å². The highest BCUT2D eigenvalue weighted by Gasteiger charge is 2.28. The van der Waals surface area contributed by atoms with Crippen LogP contribution in [0.15, 0.2) is 24.3 Å². The van der Waals surface area contributed by atoms with E-state index in [1.54, 1.807) is 0 Å². The van der Waals surface area contributed by atoms with Gasteiger partial charge in [-0.15, -0.1) is 0 Å². The van der Waals surface area contributed by atoms with Crippen molar-refractivity contribution in [3.63, 3.8) is 0 Å². The first-order valence-electron chi connectivity index (χ1n) is 6.86. The molecule has 0 aliphatic carbocycles. The number of nitrogens with one attached hydrogen (secondary N) is 1. The summed E-state index contributed by atoms with van der Waals surface area (Å²) in [6, 6.07) is 8.00. The van der Waals surface area contributed by atoms with E-state index in [4.69, 9.17) is 4.74 Å². The van der Waals surface area contributed by atoms with E-state index in [9.17, 15) is 4.79 Å². The molecule has 19 heavy (non-hydrogen) atoms. The van der Waals surface area contributed by atoms with Gasteiger partial charge in [0.25, 0.3) is 5.91 Å². The summed E-state index contributed by atoms with van der Waals surface area (Å²) in [6.45, 7) is 5.20. The Kier molecular flexibility index (Phi) is 4.43. The Bertz CT molecular complexity index is 448. The predicted molar refractivity (Wildman–Crippen MR) is 76.6 cm³/mol. The van der Waals surface area contributed by atoms with Crippen LogP contribution in [0, 0.1) is 5.92 Å². The first kappa shape index (κ1) is 13.9. The lowest BCUT2D eigenvalue weighted by atomic mass is 9.98. The van der Waals surface area contributed by atoms with Gasteiger partial charge < -0.3 is 15.0 Å². The zero-order valence-electron chi connectivity index (χ0n) is 11.8. The summed E-state index contributed by atoms with van der Waals surface area (Å²) in [5.41, 5.74) is 0.877. The van der Waals surface area contributed by atoms with Crippen molar-refractivity contribution in [1.29, 1.82) is 0 Å². The number of benzene rings is 1. The van der Waals surface area contributed by atoms with Gasteiger partial charge in [0.15, 0.2) is 6.61 Å². The molecule has 104 valence electrons. The molecule has 0 saturated carbocycles. The number of carbonyl (C=O) groups is 1. The monoisotopic (exact) mass is 262 g/mol. The molecule has 1 aliphatic heterocycles. The molecule has 2 atom stereocenters. The quantitative estimate of drug-likeness (QED) is 0.883. The van der Waals surface area contributed by atoms with Crippen LogP contribution >= 0.6 is 0 Å². The minimum Gasteiger partial charge on any atom is -0.482 e. The molecule has 0 saturated heterocycles. The normalized spacial score (nSPS) is 17.6. The lowest BCUT2D eigenvalue weighted by Gasteiger charge is -2.34. The van der Waals surface area contributed by atoms with Gasteiger partial charge in [-0.3, -0.25) is 4.79 Å². The molecule has 1 aromatic rings. The fourth-order valence-corrected chi connectivity index (χ4v) is 2.39. The average molecular weight is 262 g/mol. The number of likely N-dealkylation sites (N-methyl/N-ethyl adjacent to an activating group) is 1. The highest BCUT2D eigenvalue weighted by atomic mass is 16.5. The van der Waals surface area contributed by atoms with Gasteiger partial charge in [-0.05, 0) is 25.1 Å². The Morgan fingerprint density at radius 1 is 1.42 bits per heavy atom. The third-order valence-electron chi connectivity index (χ3n) is 3.89. The molecule has 0 radical (unpaired) electrons. The Labute approximate surface area is 114 Å². The molecule has 1 amide bonds. The maximum absolute atomic E-state index is 12.1. The zero-order chi connectivity index (χ0) is 13.8. The fourth-order valence-electron chi connectivity index (χ4n) is 2.39. The first-order chi connectivity index (χ1) is 9.17. The summed E-state index contributed by atoms with van der Waals surface area (Å²) in [7, 11) is 1.95. The number of para-hydroxylation sites is 2. The van der Waals surface area contributed by atoms with Gasteiger partial charge in [0.2, 0.25) is 0 Å². The van der Waals surface area contributed by atoms with E-state index < -0.39 is 0 Å². The van der Waals surface area contributed by atoms with E-state index in [-0.39, 0.29) is 12.5 Å². The third-order valence-corrected chi connectivity index (χ3v) is 3.89. The van der Waals surface area contributed by atoms with Crippen LogP contribution in [-0.2, 0) is 4.79 Å². The lowest BCUT2D eigenvalue weighted by Crippen LogP contribution is -2.48. The van der Waals surface area contributed by atoms with Crippen LogP contribution in [0.3, 0.4) is 0 Å².